The van der Waals surface area contributed by atoms with E-state index in [-0.39, 0.29) is 24.0 Å². The third-order valence-electron chi connectivity index (χ3n) is 9.68. The van der Waals surface area contributed by atoms with Crippen molar-refractivity contribution < 1.29 is 14.3 Å². The maximum absolute atomic E-state index is 13.7. The van der Waals surface area contributed by atoms with Crippen LogP contribution in [0.3, 0.4) is 0 Å². The molecule has 2 amide bonds. The van der Waals surface area contributed by atoms with Crippen LogP contribution in [0.5, 0.6) is 0 Å². The van der Waals surface area contributed by atoms with Crippen molar-refractivity contribution in [3.8, 4) is 0 Å². The first-order valence-electron chi connectivity index (χ1n) is 15.5. The number of ether oxygens (including phenoxy) is 1. The number of likely N-dealkylation sites (N-methyl/N-ethyl adjacent to an activating group) is 1. The van der Waals surface area contributed by atoms with E-state index in [4.69, 9.17) is 4.74 Å². The molecule has 0 fully saturated rings. The number of aromatic nitrogens is 2. The summed E-state index contributed by atoms with van der Waals surface area (Å²) in [4.78, 5) is 29.7. The summed E-state index contributed by atoms with van der Waals surface area (Å²) in [6.07, 6.45) is 2.73. The Balaban J connectivity index is 1.70. The largest absolute Gasteiger partial charge is 0.369 e. The molecule has 0 saturated carbocycles. The zero-order chi connectivity index (χ0) is 31.0. The van der Waals surface area contributed by atoms with Crippen LogP contribution in [0.25, 0.3) is 33.0 Å². The quantitative estimate of drug-likeness (QED) is 0.279. The SMILES string of the molecule is Cc1cc2c3cn(c2cc1C)CC(C)O[C@](C)(CN(C)C(C)C)CC(C)n1c(C)c(c2ccccc21)C1=C3C(=O)NC1=O. The number of carbonyl (C=O) groups is 2. The molecule has 2 aliphatic heterocycles. The minimum absolute atomic E-state index is 0.0716. The van der Waals surface area contributed by atoms with Crippen molar-refractivity contribution in [3.63, 3.8) is 0 Å². The topological polar surface area (TPSA) is 68.5 Å². The summed E-state index contributed by atoms with van der Waals surface area (Å²) < 4.78 is 11.6. The number of nitrogens with zero attached hydrogens (tertiary/aromatic N) is 3. The smallest absolute Gasteiger partial charge is 0.259 e. The highest BCUT2D eigenvalue weighted by atomic mass is 16.5. The minimum Gasteiger partial charge on any atom is -0.369 e. The van der Waals surface area contributed by atoms with Gasteiger partial charge in [0.25, 0.3) is 11.8 Å². The van der Waals surface area contributed by atoms with Crippen LogP contribution < -0.4 is 5.32 Å². The number of benzene rings is 2. The van der Waals surface area contributed by atoms with Gasteiger partial charge < -0.3 is 18.8 Å². The Morgan fingerprint density at radius 1 is 1.00 bits per heavy atom. The summed E-state index contributed by atoms with van der Waals surface area (Å²) in [5.74, 6) is -0.683. The molecule has 0 radical (unpaired) electrons. The van der Waals surface area contributed by atoms with E-state index in [0.29, 0.717) is 23.7 Å². The fraction of sp³-hybridized carbons (Fsp3) is 0.444. The Kier molecular flexibility index (Phi) is 7.17. The maximum atomic E-state index is 13.7. The van der Waals surface area contributed by atoms with Crippen LogP contribution >= 0.6 is 0 Å². The Morgan fingerprint density at radius 3 is 2.40 bits per heavy atom. The number of amides is 2. The van der Waals surface area contributed by atoms with Crippen molar-refractivity contribution in [1.29, 1.82) is 0 Å². The predicted octanol–water partition coefficient (Wildman–Crippen LogP) is 6.56. The molecular formula is C36H44N4O3. The van der Waals surface area contributed by atoms with Crippen molar-refractivity contribution in [1.82, 2.24) is 19.4 Å². The highest BCUT2D eigenvalue weighted by Crippen LogP contribution is 2.43. The van der Waals surface area contributed by atoms with Crippen molar-refractivity contribution in [2.24, 2.45) is 0 Å². The van der Waals surface area contributed by atoms with E-state index in [9.17, 15) is 9.59 Å². The molecule has 4 heterocycles. The molecular weight excluding hydrogens is 536 g/mol. The Hall–Kier alpha value is -3.68. The Morgan fingerprint density at radius 2 is 1.67 bits per heavy atom. The molecule has 7 nitrogen and oxygen atoms in total. The van der Waals surface area contributed by atoms with Crippen molar-refractivity contribution in [2.45, 2.75) is 92.1 Å². The highest BCUT2D eigenvalue weighted by molar-refractivity contribution is 6.51. The van der Waals surface area contributed by atoms with Crippen LogP contribution in [-0.2, 0) is 20.9 Å². The number of fused-ring (bicyclic) bond motifs is 12. The average Bonchev–Trinajstić information content (AvgIpc) is 3.50. The lowest BCUT2D eigenvalue weighted by molar-refractivity contribution is -0.122. The Bertz CT molecular complexity index is 1820. The molecule has 0 spiro atoms. The molecule has 3 atom stereocenters. The molecule has 2 aromatic carbocycles. The van der Waals surface area contributed by atoms with Gasteiger partial charge in [0.1, 0.15) is 0 Å². The van der Waals surface area contributed by atoms with Crippen LogP contribution in [-0.4, -0.2) is 57.2 Å². The van der Waals surface area contributed by atoms with E-state index < -0.39 is 5.60 Å². The summed E-state index contributed by atoms with van der Waals surface area (Å²) in [7, 11) is 2.16. The summed E-state index contributed by atoms with van der Waals surface area (Å²) in [5.41, 5.74) is 7.48. The fourth-order valence-electron chi connectivity index (χ4n) is 7.50. The maximum Gasteiger partial charge on any atom is 0.259 e. The van der Waals surface area contributed by atoms with Gasteiger partial charge in [0, 0.05) is 70.0 Å². The lowest BCUT2D eigenvalue weighted by atomic mass is 9.93. The van der Waals surface area contributed by atoms with Gasteiger partial charge in [-0.1, -0.05) is 18.2 Å². The number of imide groups is 1. The first kappa shape index (κ1) is 29.4. The second kappa shape index (κ2) is 10.5. The molecule has 0 saturated heterocycles. The van der Waals surface area contributed by atoms with Gasteiger partial charge in [-0.2, -0.15) is 0 Å². The van der Waals surface area contributed by atoms with E-state index in [1.54, 1.807) is 0 Å². The van der Waals surface area contributed by atoms with Gasteiger partial charge in [0.2, 0.25) is 0 Å². The van der Waals surface area contributed by atoms with E-state index in [1.165, 1.54) is 5.56 Å². The molecule has 43 heavy (non-hydrogen) atoms. The summed E-state index contributed by atoms with van der Waals surface area (Å²) in [6.45, 7) is 18.7. The molecule has 226 valence electrons. The molecule has 1 N–H and O–H groups in total. The van der Waals surface area contributed by atoms with Crippen molar-refractivity contribution >= 4 is 44.8 Å². The number of para-hydroxylation sites is 1. The number of hydrogen-bond acceptors (Lipinski definition) is 4. The van der Waals surface area contributed by atoms with Gasteiger partial charge in [-0.15, -0.1) is 0 Å². The second-order valence-electron chi connectivity index (χ2n) is 13.5. The van der Waals surface area contributed by atoms with Crippen molar-refractivity contribution in [3.05, 3.63) is 70.5 Å². The zero-order valence-electron chi connectivity index (χ0n) is 27.0. The summed E-state index contributed by atoms with van der Waals surface area (Å²) in [5, 5.41) is 4.60. The van der Waals surface area contributed by atoms with E-state index >= 15 is 0 Å². The van der Waals surface area contributed by atoms with E-state index in [0.717, 1.165) is 57.2 Å². The van der Waals surface area contributed by atoms with E-state index in [1.807, 2.05) is 12.1 Å². The highest BCUT2D eigenvalue weighted by Gasteiger charge is 2.39. The first-order chi connectivity index (χ1) is 20.3. The van der Waals surface area contributed by atoms with Gasteiger partial charge in [-0.05, 0) is 98.2 Å². The predicted molar refractivity (Wildman–Crippen MR) is 174 cm³/mol. The fourth-order valence-corrected chi connectivity index (χ4v) is 7.50. The molecule has 6 rings (SSSR count). The minimum atomic E-state index is -0.441. The molecule has 2 unspecified atom stereocenters. The first-order valence-corrected chi connectivity index (χ1v) is 15.5. The van der Waals surface area contributed by atoms with Crippen LogP contribution in [0.1, 0.15) is 75.0 Å². The second-order valence-corrected chi connectivity index (χ2v) is 13.5. The molecule has 7 heteroatoms. The van der Waals surface area contributed by atoms with Gasteiger partial charge in [0.15, 0.2) is 0 Å². The summed E-state index contributed by atoms with van der Waals surface area (Å²) >= 11 is 0. The third-order valence-corrected chi connectivity index (χ3v) is 9.68. The summed E-state index contributed by atoms with van der Waals surface area (Å²) in [6, 6.07) is 13.0. The zero-order valence-corrected chi connectivity index (χ0v) is 27.0. The molecule has 2 aromatic heterocycles. The van der Waals surface area contributed by atoms with Crippen LogP contribution in [0.4, 0.5) is 0 Å². The van der Waals surface area contributed by atoms with E-state index in [2.05, 4.69) is 112 Å². The molecule has 0 aliphatic carbocycles. The van der Waals surface area contributed by atoms with Crippen molar-refractivity contribution in [2.75, 3.05) is 13.6 Å². The van der Waals surface area contributed by atoms with Gasteiger partial charge in [-0.25, -0.2) is 0 Å². The standard InChI is InChI=1S/C36H44N4O3/c1-20(2)38(9)19-36(8)16-23(5)40-25(7)31(26-12-10-11-13-29(26)40)33-32(34(41)37-35(33)42)28-18-39(17-24(6)43-36)30-15-22(4)21(3)14-27(28)30/h10-15,18,20,23-24H,16-17,19H2,1-9H3,(H,37,41,42)/t23?,24?,36-/m0/s1. The molecule has 2 aliphatic rings. The van der Waals surface area contributed by atoms with Crippen LogP contribution in [0.2, 0.25) is 0 Å². The number of hydrogen-bond donors (Lipinski definition) is 1. The number of rotatable bonds is 3. The molecule has 4 bridgehead atoms. The van der Waals surface area contributed by atoms with Crippen LogP contribution in [0.15, 0.2) is 42.6 Å². The van der Waals surface area contributed by atoms with Gasteiger partial charge in [0.05, 0.1) is 22.9 Å². The van der Waals surface area contributed by atoms with Gasteiger partial charge >= 0.3 is 0 Å². The molecule has 4 aromatic rings. The van der Waals surface area contributed by atoms with Gasteiger partial charge in [-0.3, -0.25) is 14.9 Å². The normalized spacial score (nSPS) is 23.0. The number of carbonyl (C=O) groups excluding carboxylic acids is 2. The van der Waals surface area contributed by atoms with Crippen LogP contribution in [0, 0.1) is 20.8 Å². The average molecular weight is 581 g/mol. The Labute approximate surface area is 254 Å². The lowest BCUT2D eigenvalue weighted by Crippen LogP contribution is -2.47. The number of aryl methyl sites for hydroxylation is 2. The number of nitrogens with one attached hydrogen (secondary N) is 1. The lowest BCUT2D eigenvalue weighted by Gasteiger charge is -2.40. The third kappa shape index (κ3) is 4.83. The monoisotopic (exact) mass is 580 g/mol.